The van der Waals surface area contributed by atoms with E-state index in [1.54, 1.807) is 0 Å². The Hall–Kier alpha value is 0.887. The van der Waals surface area contributed by atoms with E-state index in [1.807, 2.05) is 0 Å². The van der Waals surface area contributed by atoms with E-state index in [1.165, 1.54) is 0 Å². The molecule has 1 radical (unpaired) electrons. The van der Waals surface area contributed by atoms with E-state index < -0.39 is 9.20 Å². The average molecular weight is 76.9 g/mol. The van der Waals surface area contributed by atoms with E-state index >= 15 is 0 Å². The van der Waals surface area contributed by atoms with E-state index in [9.17, 15) is 8.39 Å². The molecule has 4 heavy (non-hydrogen) atoms. The second-order valence-corrected chi connectivity index (χ2v) is 0.192. The maximum atomic E-state index is 9.60. The summed E-state index contributed by atoms with van der Waals surface area (Å²) in [5.41, 5.74) is 0. The number of halogens is 2. The minimum absolute atomic E-state index is 0. The Labute approximate surface area is 37.2 Å². The summed E-state index contributed by atoms with van der Waals surface area (Å²) in [6, 6.07) is 0. The van der Waals surface area contributed by atoms with Gasteiger partial charge in [-0.25, -0.2) is 0 Å². The first-order chi connectivity index (χ1) is 1.41. The van der Waals surface area contributed by atoms with E-state index in [4.69, 9.17) is 0 Å². The molecule has 4 heteroatoms. The van der Waals surface area contributed by atoms with Crippen LogP contribution in [-0.2, 0) is 0 Å². The molecule has 0 saturated heterocycles. The summed E-state index contributed by atoms with van der Waals surface area (Å²) in [7, 11) is -1.58. The maximum absolute atomic E-state index is 9.60. The molecule has 0 saturated carbocycles. The normalized spacial score (nSPS) is 4.50. The summed E-state index contributed by atoms with van der Waals surface area (Å²) in [4.78, 5) is 0. The van der Waals surface area contributed by atoms with Gasteiger partial charge >= 0.3 is 28.1 Å². The summed E-state index contributed by atoms with van der Waals surface area (Å²) in [5.74, 6) is 0. The number of hydrogen-bond acceptors (Lipinski definition) is 0. The second kappa shape index (κ2) is 9.10. The molecule has 0 spiro atoms. The zero-order chi connectivity index (χ0) is 2.71. The van der Waals surface area contributed by atoms with Gasteiger partial charge in [0.05, 0.1) is 0 Å². The van der Waals surface area contributed by atoms with Crippen LogP contribution in [-0.4, -0.2) is 18.9 Å². The van der Waals surface area contributed by atoms with Crippen LogP contribution in [0.4, 0.5) is 8.39 Å². The number of hydrogen-bond donors (Lipinski definition) is 0. The molecular weight excluding hydrogens is 75.9 g/mol. The van der Waals surface area contributed by atoms with Gasteiger partial charge in [0.15, 0.2) is 0 Å². The van der Waals surface area contributed by atoms with Gasteiger partial charge in [-0.3, -0.25) is 0 Å². The van der Waals surface area contributed by atoms with Crippen molar-refractivity contribution in [2.24, 2.45) is 0 Å². The molecule has 0 aromatic heterocycles. The molecule has 0 rings (SSSR count). The standard InChI is InChI=1S/F2P.Li.H/c1-3-2;;. The van der Waals surface area contributed by atoms with Gasteiger partial charge in [-0.1, -0.05) is 0 Å². The quantitative estimate of drug-likeness (QED) is 0.299. The first kappa shape index (κ1) is 8.86. The Morgan fingerprint density at radius 1 is 1.25 bits per heavy atom. The fraction of sp³-hybridized carbons (Fsp3) is 0. The van der Waals surface area contributed by atoms with Crippen LogP contribution in [0.15, 0.2) is 0 Å². The Morgan fingerprint density at radius 3 is 1.25 bits per heavy atom. The van der Waals surface area contributed by atoms with Crippen molar-refractivity contribution in [1.29, 1.82) is 0 Å². The van der Waals surface area contributed by atoms with Crippen LogP contribution in [0, 0.1) is 0 Å². The summed E-state index contributed by atoms with van der Waals surface area (Å²) in [6.45, 7) is 0. The molecule has 0 aliphatic heterocycles. The van der Waals surface area contributed by atoms with Crippen molar-refractivity contribution in [3.8, 4) is 0 Å². The third kappa shape index (κ3) is 13.1. The van der Waals surface area contributed by atoms with Crippen molar-refractivity contribution < 1.29 is 8.39 Å². The molecule has 0 aromatic rings. The molecule has 0 unspecified atom stereocenters. The molecule has 0 N–H and O–H groups in total. The fourth-order valence-electron chi connectivity index (χ4n) is 0. The van der Waals surface area contributed by atoms with Crippen LogP contribution in [0.1, 0.15) is 0 Å². The van der Waals surface area contributed by atoms with Crippen LogP contribution in [0.5, 0.6) is 0 Å². The summed E-state index contributed by atoms with van der Waals surface area (Å²) < 4.78 is 19.2. The SMILES string of the molecule is F[P]F.[LiH]. The third-order valence-corrected chi connectivity index (χ3v) is 0. The monoisotopic (exact) mass is 77.0 g/mol. The molecule has 21 valence electrons. The predicted octanol–water partition coefficient (Wildman–Crippen LogP) is 1.05. The molecular formula is HF2LiP. The van der Waals surface area contributed by atoms with Crippen LogP contribution < -0.4 is 0 Å². The first-order valence-electron chi connectivity index (χ1n) is 0.338. The zero-order valence-electron chi connectivity index (χ0n) is 1.20. The summed E-state index contributed by atoms with van der Waals surface area (Å²) >= 11 is 0. The van der Waals surface area contributed by atoms with Gasteiger partial charge in [0.2, 0.25) is 0 Å². The summed E-state index contributed by atoms with van der Waals surface area (Å²) in [5, 5.41) is 0. The van der Waals surface area contributed by atoms with Crippen molar-refractivity contribution in [3.63, 3.8) is 0 Å². The first-order valence-corrected chi connectivity index (χ1v) is 1.01. The van der Waals surface area contributed by atoms with Crippen molar-refractivity contribution in [2.75, 3.05) is 0 Å². The minimum atomic E-state index is -1.58. The second-order valence-electron chi connectivity index (χ2n) is 0.0639. The average Bonchev–Trinajstić information content (AvgIpc) is 0.918. The fourth-order valence-corrected chi connectivity index (χ4v) is 0. The topological polar surface area (TPSA) is 0 Å². The van der Waals surface area contributed by atoms with Gasteiger partial charge in [-0.05, 0) is 0 Å². The predicted molar refractivity (Wildman–Crippen MR) is 16.3 cm³/mol. The van der Waals surface area contributed by atoms with Crippen molar-refractivity contribution in [3.05, 3.63) is 0 Å². The van der Waals surface area contributed by atoms with Crippen LogP contribution in [0.25, 0.3) is 0 Å². The van der Waals surface area contributed by atoms with E-state index in [-0.39, 0.29) is 18.9 Å². The van der Waals surface area contributed by atoms with Gasteiger partial charge in [-0.2, -0.15) is 8.39 Å². The van der Waals surface area contributed by atoms with Gasteiger partial charge < -0.3 is 0 Å². The van der Waals surface area contributed by atoms with Crippen LogP contribution in [0.3, 0.4) is 0 Å². The number of rotatable bonds is 0. The molecule has 0 heterocycles. The summed E-state index contributed by atoms with van der Waals surface area (Å²) in [6.07, 6.45) is 0. The van der Waals surface area contributed by atoms with Crippen LogP contribution in [0.2, 0.25) is 0 Å². The van der Waals surface area contributed by atoms with E-state index in [2.05, 4.69) is 0 Å². The molecule has 0 nitrogen and oxygen atoms in total. The van der Waals surface area contributed by atoms with E-state index in [0.717, 1.165) is 0 Å². The van der Waals surface area contributed by atoms with Gasteiger partial charge in [0, 0.05) is 0 Å². The van der Waals surface area contributed by atoms with Gasteiger partial charge in [0.25, 0.3) is 0 Å². The molecule has 0 aromatic carbocycles. The molecule has 0 aliphatic carbocycles. The van der Waals surface area contributed by atoms with Crippen molar-refractivity contribution in [1.82, 2.24) is 0 Å². The van der Waals surface area contributed by atoms with E-state index in [0.29, 0.717) is 0 Å². The van der Waals surface area contributed by atoms with Gasteiger partial charge in [0.1, 0.15) is 0 Å². The molecule has 0 atom stereocenters. The zero-order valence-corrected chi connectivity index (χ0v) is 2.10. The Morgan fingerprint density at radius 2 is 1.25 bits per heavy atom. The Balaban J connectivity index is 0. The third-order valence-electron chi connectivity index (χ3n) is 0. The Bertz CT molecular complexity index is 6.00. The Kier molecular flexibility index (Phi) is 20.1. The molecule has 0 fully saturated rings. The van der Waals surface area contributed by atoms with Crippen molar-refractivity contribution in [2.45, 2.75) is 0 Å². The molecule has 0 amide bonds. The molecule has 0 aliphatic rings. The van der Waals surface area contributed by atoms with Crippen LogP contribution >= 0.6 is 9.20 Å². The molecule has 0 bridgehead atoms. The van der Waals surface area contributed by atoms with Gasteiger partial charge in [-0.15, -0.1) is 0 Å². The van der Waals surface area contributed by atoms with Crippen molar-refractivity contribution >= 4 is 28.1 Å².